The summed E-state index contributed by atoms with van der Waals surface area (Å²) in [6.45, 7) is 3.23. The first kappa shape index (κ1) is 69.3. The molecule has 0 bridgehead atoms. The van der Waals surface area contributed by atoms with E-state index >= 15 is 4.57 Å². The fraction of sp³-hybridized carbons (Fsp3) is 0.172. The number of methoxy groups -OCH3 is 3. The Morgan fingerprint density at radius 1 is 0.235 bits per heavy atom. The van der Waals surface area contributed by atoms with Crippen molar-refractivity contribution in [2.24, 2.45) is 0 Å². The zero-order valence-electron chi connectivity index (χ0n) is 58.5. The van der Waals surface area contributed by atoms with Crippen molar-refractivity contribution in [1.29, 1.82) is 0 Å². The van der Waals surface area contributed by atoms with Gasteiger partial charge in [-0.25, -0.2) is 0 Å². The Hall–Kier alpha value is -8.56. The van der Waals surface area contributed by atoms with Crippen LogP contribution < -0.4 is 62.0 Å². The molecule has 0 N–H and O–H groups in total. The quantitative estimate of drug-likeness (QED) is 0.0558. The van der Waals surface area contributed by atoms with Gasteiger partial charge < -0.3 is 0 Å². The molecule has 0 fully saturated rings. The van der Waals surface area contributed by atoms with Crippen LogP contribution in [-0.2, 0) is 36.0 Å². The Balaban J connectivity index is 1.41. The third kappa shape index (κ3) is 12.5. The summed E-state index contributed by atoms with van der Waals surface area (Å²) in [4.78, 5) is 0. The van der Waals surface area contributed by atoms with Gasteiger partial charge in [0.05, 0.1) is 0 Å². The number of rotatable bonds is 24. The standard InChI is InChI=1S/C87H90O7P4/c1-64-22-40-79(41-23-64)96(80-42-24-65(2)25-43-80,81-44-26-66(3)27-45-81,61-73-16-13-19-76(58-73)89-10)92-95(88,93-97(82-46-28-67(4)29-47-82,83-48-30-68(5)31-49-83,84-50-32-69(6)33-51-84)62-74-17-14-20-77(59-74)90-11)94-98(85-52-34-70(7)35-53-85,86-54-36-71(8)37-55-86,87-56-38-72(9)39-57-87)63-75-18-15-21-78(60-75)91-12/h13-60H,61-63H2,1-12H3. The summed E-state index contributed by atoms with van der Waals surface area (Å²) in [5.41, 5.74) is 12.0. The maximum atomic E-state index is 21.1. The molecule has 0 radical (unpaired) electrons. The van der Waals surface area contributed by atoms with Crippen LogP contribution >= 0.6 is 28.3 Å². The number of hydrogen-bond acceptors (Lipinski definition) is 7. The predicted octanol–water partition coefficient (Wildman–Crippen LogP) is 18.9. The van der Waals surface area contributed by atoms with Gasteiger partial charge in [0.25, 0.3) is 0 Å². The van der Waals surface area contributed by atoms with Crippen LogP contribution in [0.4, 0.5) is 0 Å². The number of benzene rings is 12. The molecule has 0 aliphatic heterocycles. The molecule has 7 nitrogen and oxygen atoms in total. The maximum absolute atomic E-state index is 21.1. The molecule has 0 aliphatic carbocycles. The molecule has 0 aliphatic rings. The van der Waals surface area contributed by atoms with E-state index in [9.17, 15) is 12.9 Å². The Morgan fingerprint density at radius 3 is 0.531 bits per heavy atom. The fourth-order valence-electron chi connectivity index (χ4n) is 14.5. The molecule has 500 valence electrons. The monoisotopic (exact) mass is 1370 g/mol. The number of phosphoric acid groups is 1. The molecule has 0 saturated heterocycles. The normalized spacial score (nSPS) is 13.7. The first-order valence-electron chi connectivity index (χ1n) is 33.5. The summed E-state index contributed by atoms with van der Waals surface area (Å²) >= 11 is 0. The van der Waals surface area contributed by atoms with Crippen molar-refractivity contribution >= 4 is 76.1 Å². The third-order valence-electron chi connectivity index (χ3n) is 19.9. The summed E-state index contributed by atoms with van der Waals surface area (Å²) < 4.78 is 67.8. The average Bonchev–Trinajstić information content (AvgIpc) is 0.673. The molecular weight excluding hydrogens is 1280 g/mol. The van der Waals surface area contributed by atoms with Gasteiger partial charge in [0, 0.05) is 0 Å². The predicted molar refractivity (Wildman–Crippen MR) is 419 cm³/mol. The first-order chi connectivity index (χ1) is 47.1. The summed E-state index contributed by atoms with van der Waals surface area (Å²) in [6.07, 6.45) is 0.517. The Morgan fingerprint density at radius 2 is 0.388 bits per heavy atom. The molecule has 0 aromatic heterocycles. The molecule has 0 atom stereocenters. The molecule has 12 aromatic carbocycles. The second-order valence-electron chi connectivity index (χ2n) is 26.9. The molecule has 12 rings (SSSR count). The van der Waals surface area contributed by atoms with E-state index in [1.54, 1.807) is 21.3 Å². The van der Waals surface area contributed by atoms with Crippen molar-refractivity contribution < 1.29 is 31.7 Å². The molecule has 0 amide bonds. The number of ether oxygens (including phenoxy) is 3. The number of hydrogen-bond donors (Lipinski definition) is 0. The van der Waals surface area contributed by atoms with Crippen molar-refractivity contribution in [1.82, 2.24) is 0 Å². The Kier molecular flexibility index (Phi) is 19.6. The second kappa shape index (κ2) is 27.6. The zero-order chi connectivity index (χ0) is 69.0. The van der Waals surface area contributed by atoms with E-state index in [-0.39, 0.29) is 18.5 Å². The Labute approximate surface area is 581 Å². The van der Waals surface area contributed by atoms with Crippen LogP contribution in [-0.4, -0.2) is 21.3 Å². The molecule has 0 heterocycles. The van der Waals surface area contributed by atoms with Crippen LogP contribution in [0.2, 0.25) is 0 Å². The SMILES string of the molecule is COc1cccc(CP(OP(=O)(OP(Cc2cccc(OC)c2)(c2ccc(C)cc2)(c2ccc(C)cc2)c2ccc(C)cc2)OP(Cc2cccc(OC)c2)(c2ccc(C)cc2)(c2ccc(C)cc2)c2ccc(C)cc2)(c2ccc(C)cc2)(c2ccc(C)cc2)c2ccc(C)cc2)c1. The van der Waals surface area contributed by atoms with Gasteiger partial charge in [-0.2, -0.15) is 0 Å². The summed E-state index contributed by atoms with van der Waals surface area (Å²) in [5, 5.41) is 7.31. The van der Waals surface area contributed by atoms with Gasteiger partial charge in [-0.3, -0.25) is 0 Å². The summed E-state index contributed by atoms with van der Waals surface area (Å²) in [7, 11) is -0.665. The second-order valence-corrected chi connectivity index (χ2v) is 42.6. The van der Waals surface area contributed by atoms with Crippen LogP contribution in [0.25, 0.3) is 0 Å². The minimum atomic E-state index is -5.76. The van der Waals surface area contributed by atoms with E-state index in [0.29, 0.717) is 17.2 Å². The van der Waals surface area contributed by atoms with Crippen molar-refractivity contribution in [3.8, 4) is 17.2 Å². The molecular formula is C87H90O7P4. The van der Waals surface area contributed by atoms with Gasteiger partial charge in [-0.1, -0.05) is 0 Å². The Bertz CT molecular complexity index is 3990. The molecule has 98 heavy (non-hydrogen) atoms. The molecule has 0 unspecified atom stereocenters. The van der Waals surface area contributed by atoms with Gasteiger partial charge in [0.1, 0.15) is 0 Å². The first-order valence-corrected chi connectivity index (χ1v) is 42.0. The van der Waals surface area contributed by atoms with Crippen molar-refractivity contribution in [2.45, 2.75) is 80.8 Å². The van der Waals surface area contributed by atoms with E-state index < -0.39 is 28.3 Å². The van der Waals surface area contributed by atoms with E-state index in [1.807, 2.05) is 36.4 Å². The van der Waals surface area contributed by atoms with Crippen molar-refractivity contribution in [2.75, 3.05) is 21.3 Å². The van der Waals surface area contributed by atoms with Crippen molar-refractivity contribution in [3.05, 3.63) is 358 Å². The zero-order valence-corrected chi connectivity index (χ0v) is 62.1. The van der Waals surface area contributed by atoms with Gasteiger partial charge in [0.15, 0.2) is 0 Å². The number of aryl methyl sites for hydroxylation is 9. The van der Waals surface area contributed by atoms with Crippen LogP contribution in [0.1, 0.15) is 66.8 Å². The molecule has 12 aromatic rings. The van der Waals surface area contributed by atoms with Gasteiger partial charge in [-0.05, 0) is 0 Å². The summed E-state index contributed by atoms with van der Waals surface area (Å²) in [5.74, 6) is 1.98. The van der Waals surface area contributed by atoms with E-state index in [0.717, 1.165) is 115 Å². The van der Waals surface area contributed by atoms with E-state index in [4.69, 9.17) is 14.2 Å². The molecule has 11 heteroatoms. The fourth-order valence-corrected chi connectivity index (χ4v) is 39.1. The van der Waals surface area contributed by atoms with Crippen LogP contribution in [0, 0.1) is 62.3 Å². The minimum absolute atomic E-state index is 0.172. The van der Waals surface area contributed by atoms with E-state index in [2.05, 4.69) is 317 Å². The third-order valence-corrected chi connectivity index (χ3v) is 42.1. The van der Waals surface area contributed by atoms with Crippen LogP contribution in [0.5, 0.6) is 17.2 Å². The summed E-state index contributed by atoms with van der Waals surface area (Å²) in [6, 6.07) is 103. The van der Waals surface area contributed by atoms with Gasteiger partial charge >= 0.3 is 585 Å². The van der Waals surface area contributed by atoms with Gasteiger partial charge in [-0.15, -0.1) is 0 Å². The van der Waals surface area contributed by atoms with Crippen LogP contribution in [0.3, 0.4) is 0 Å². The molecule has 0 spiro atoms. The van der Waals surface area contributed by atoms with Crippen LogP contribution in [0.15, 0.2) is 291 Å². The topological polar surface area (TPSA) is 72.5 Å². The van der Waals surface area contributed by atoms with Crippen molar-refractivity contribution in [3.63, 3.8) is 0 Å². The van der Waals surface area contributed by atoms with Gasteiger partial charge in [0.2, 0.25) is 0 Å². The molecule has 0 saturated carbocycles. The van der Waals surface area contributed by atoms with E-state index in [1.165, 1.54) is 0 Å². The average molecular weight is 1370 g/mol.